The van der Waals surface area contributed by atoms with E-state index in [9.17, 15) is 9.59 Å². The monoisotopic (exact) mass is 410 g/mol. The number of aryl methyl sites for hydroxylation is 1. The van der Waals surface area contributed by atoms with E-state index in [4.69, 9.17) is 4.74 Å². The lowest BCUT2D eigenvalue weighted by Crippen LogP contribution is -2.50. The topological polar surface area (TPSA) is 58.6 Å². The summed E-state index contributed by atoms with van der Waals surface area (Å²) in [4.78, 5) is 27.3. The number of nitrogens with one attached hydrogen (secondary N) is 1. The van der Waals surface area contributed by atoms with E-state index in [1.165, 1.54) is 0 Å². The lowest BCUT2D eigenvalue weighted by Gasteiger charge is -2.29. The quantitative estimate of drug-likeness (QED) is 0.665. The van der Waals surface area contributed by atoms with Crippen molar-refractivity contribution in [2.45, 2.75) is 66.1 Å². The Morgan fingerprint density at radius 1 is 0.967 bits per heavy atom. The van der Waals surface area contributed by atoms with Crippen molar-refractivity contribution < 1.29 is 14.3 Å². The SMILES string of the molecule is Cc1ccc(CN(C(=O)COc2ccccc2C(C)C)[C@@H](C)C(=O)NC(C)C)cc1. The maximum Gasteiger partial charge on any atom is 0.261 e. The van der Waals surface area contributed by atoms with Gasteiger partial charge in [-0.3, -0.25) is 9.59 Å². The second-order valence-electron chi connectivity index (χ2n) is 8.33. The maximum absolute atomic E-state index is 13.1. The summed E-state index contributed by atoms with van der Waals surface area (Å²) in [6, 6.07) is 15.1. The first-order valence-electron chi connectivity index (χ1n) is 10.6. The van der Waals surface area contributed by atoms with Gasteiger partial charge in [0.2, 0.25) is 5.91 Å². The maximum atomic E-state index is 13.1. The molecule has 0 aliphatic carbocycles. The number of carbonyl (C=O) groups excluding carboxylic acids is 2. The molecule has 2 rings (SSSR count). The number of rotatable bonds is 9. The van der Waals surface area contributed by atoms with E-state index in [0.29, 0.717) is 12.3 Å². The molecule has 0 saturated heterocycles. The Balaban J connectivity index is 2.19. The van der Waals surface area contributed by atoms with Crippen LogP contribution in [0.1, 0.15) is 57.2 Å². The minimum Gasteiger partial charge on any atom is -0.483 e. The van der Waals surface area contributed by atoms with Crippen molar-refractivity contribution in [3.05, 3.63) is 65.2 Å². The summed E-state index contributed by atoms with van der Waals surface area (Å²) < 4.78 is 5.89. The van der Waals surface area contributed by atoms with Crippen LogP contribution in [0.25, 0.3) is 0 Å². The zero-order chi connectivity index (χ0) is 22.3. The number of benzene rings is 2. The van der Waals surface area contributed by atoms with Gasteiger partial charge in [-0.15, -0.1) is 0 Å². The van der Waals surface area contributed by atoms with Crippen molar-refractivity contribution >= 4 is 11.8 Å². The molecule has 162 valence electrons. The van der Waals surface area contributed by atoms with Gasteiger partial charge in [0.05, 0.1) is 0 Å². The Morgan fingerprint density at radius 3 is 2.20 bits per heavy atom. The van der Waals surface area contributed by atoms with E-state index >= 15 is 0 Å². The molecule has 0 aliphatic heterocycles. The molecular formula is C25H34N2O3. The molecule has 1 N–H and O–H groups in total. The van der Waals surface area contributed by atoms with Gasteiger partial charge in [0.1, 0.15) is 11.8 Å². The van der Waals surface area contributed by atoms with Crippen LogP contribution in [0.4, 0.5) is 0 Å². The zero-order valence-corrected chi connectivity index (χ0v) is 18.9. The summed E-state index contributed by atoms with van der Waals surface area (Å²) >= 11 is 0. The molecule has 0 unspecified atom stereocenters. The number of para-hydroxylation sites is 1. The fourth-order valence-corrected chi connectivity index (χ4v) is 3.19. The van der Waals surface area contributed by atoms with Gasteiger partial charge in [-0.25, -0.2) is 0 Å². The highest BCUT2D eigenvalue weighted by atomic mass is 16.5. The largest absolute Gasteiger partial charge is 0.483 e. The number of ether oxygens (including phenoxy) is 1. The van der Waals surface area contributed by atoms with Gasteiger partial charge in [-0.1, -0.05) is 61.9 Å². The average Bonchev–Trinajstić information content (AvgIpc) is 2.70. The average molecular weight is 411 g/mol. The van der Waals surface area contributed by atoms with E-state index in [0.717, 1.165) is 16.7 Å². The van der Waals surface area contributed by atoms with E-state index < -0.39 is 6.04 Å². The van der Waals surface area contributed by atoms with Crippen molar-refractivity contribution in [2.24, 2.45) is 0 Å². The molecule has 1 atom stereocenters. The van der Waals surface area contributed by atoms with Gasteiger partial charge in [0, 0.05) is 12.6 Å². The first kappa shape index (κ1) is 23.5. The normalized spacial score (nSPS) is 12.0. The molecule has 2 amide bonds. The summed E-state index contributed by atoms with van der Waals surface area (Å²) in [6.07, 6.45) is 0. The molecule has 0 radical (unpaired) electrons. The second kappa shape index (κ2) is 10.8. The molecule has 0 aliphatic rings. The molecule has 0 saturated carbocycles. The highest BCUT2D eigenvalue weighted by Gasteiger charge is 2.27. The van der Waals surface area contributed by atoms with Crippen LogP contribution in [0.3, 0.4) is 0 Å². The van der Waals surface area contributed by atoms with Gasteiger partial charge in [0.15, 0.2) is 6.61 Å². The van der Waals surface area contributed by atoms with Gasteiger partial charge >= 0.3 is 0 Å². The lowest BCUT2D eigenvalue weighted by molar-refractivity contribution is -0.142. The highest BCUT2D eigenvalue weighted by Crippen LogP contribution is 2.26. The Bertz CT molecular complexity index is 844. The van der Waals surface area contributed by atoms with Gasteiger partial charge in [-0.05, 0) is 50.8 Å². The third-order valence-corrected chi connectivity index (χ3v) is 4.96. The molecule has 30 heavy (non-hydrogen) atoms. The van der Waals surface area contributed by atoms with Crippen LogP contribution in [0, 0.1) is 6.92 Å². The van der Waals surface area contributed by atoms with Crippen LogP contribution in [-0.4, -0.2) is 35.4 Å². The minimum absolute atomic E-state index is 0.00504. The number of nitrogens with zero attached hydrogens (tertiary/aromatic N) is 1. The van der Waals surface area contributed by atoms with Crippen molar-refractivity contribution in [2.75, 3.05) is 6.61 Å². The molecule has 5 heteroatoms. The Kier molecular flexibility index (Phi) is 8.46. The fourth-order valence-electron chi connectivity index (χ4n) is 3.19. The smallest absolute Gasteiger partial charge is 0.261 e. The standard InChI is InChI=1S/C25H34N2O3/c1-17(2)22-9-7-8-10-23(22)30-16-24(28)27(20(6)25(29)26-18(3)4)15-21-13-11-19(5)12-14-21/h7-14,17-18,20H,15-16H2,1-6H3,(H,26,29)/t20-/m0/s1. The van der Waals surface area contributed by atoms with Crippen LogP contribution < -0.4 is 10.1 Å². The third-order valence-electron chi connectivity index (χ3n) is 4.96. The first-order chi connectivity index (χ1) is 14.2. The van der Waals surface area contributed by atoms with Crippen molar-refractivity contribution in [3.8, 4) is 5.75 Å². The number of carbonyl (C=O) groups is 2. The van der Waals surface area contributed by atoms with E-state index in [-0.39, 0.29) is 30.4 Å². The van der Waals surface area contributed by atoms with E-state index in [1.54, 1.807) is 11.8 Å². The molecule has 0 aromatic heterocycles. The van der Waals surface area contributed by atoms with Crippen LogP contribution in [0.5, 0.6) is 5.75 Å². The Hall–Kier alpha value is -2.82. The van der Waals surface area contributed by atoms with E-state index in [1.807, 2.05) is 69.3 Å². The zero-order valence-electron chi connectivity index (χ0n) is 18.9. The van der Waals surface area contributed by atoms with Crippen LogP contribution in [-0.2, 0) is 16.1 Å². The minimum atomic E-state index is -0.606. The molecule has 5 nitrogen and oxygen atoms in total. The molecule has 0 fully saturated rings. The summed E-state index contributed by atoms with van der Waals surface area (Å²) in [5.41, 5.74) is 3.18. The first-order valence-corrected chi connectivity index (χ1v) is 10.6. The van der Waals surface area contributed by atoms with Crippen molar-refractivity contribution in [1.29, 1.82) is 0 Å². The second-order valence-corrected chi connectivity index (χ2v) is 8.33. The fraction of sp³-hybridized carbons (Fsp3) is 0.440. The molecule has 2 aromatic carbocycles. The van der Waals surface area contributed by atoms with Crippen molar-refractivity contribution in [3.63, 3.8) is 0 Å². The summed E-state index contributed by atoms with van der Waals surface area (Å²) in [5.74, 6) is 0.597. The third kappa shape index (κ3) is 6.61. The summed E-state index contributed by atoms with van der Waals surface area (Å²) in [6.45, 7) is 12.0. The molecule has 0 bridgehead atoms. The molecule has 0 heterocycles. The predicted octanol–water partition coefficient (Wildman–Crippen LogP) is 4.44. The molecule has 2 aromatic rings. The number of hydrogen-bond donors (Lipinski definition) is 1. The lowest BCUT2D eigenvalue weighted by atomic mass is 10.0. The molecular weight excluding hydrogens is 376 g/mol. The van der Waals surface area contributed by atoms with Crippen LogP contribution in [0.15, 0.2) is 48.5 Å². The summed E-state index contributed by atoms with van der Waals surface area (Å²) in [7, 11) is 0. The number of amides is 2. The Morgan fingerprint density at radius 2 is 1.60 bits per heavy atom. The predicted molar refractivity (Wildman–Crippen MR) is 120 cm³/mol. The van der Waals surface area contributed by atoms with Crippen LogP contribution >= 0.6 is 0 Å². The Labute approximate surface area is 180 Å². The number of hydrogen-bond acceptors (Lipinski definition) is 3. The summed E-state index contributed by atoms with van der Waals surface area (Å²) in [5, 5.41) is 2.90. The van der Waals surface area contributed by atoms with E-state index in [2.05, 4.69) is 19.2 Å². The highest BCUT2D eigenvalue weighted by molar-refractivity contribution is 5.88. The van der Waals surface area contributed by atoms with Gasteiger partial charge < -0.3 is 15.0 Å². The van der Waals surface area contributed by atoms with Gasteiger partial charge in [-0.2, -0.15) is 0 Å². The van der Waals surface area contributed by atoms with Crippen molar-refractivity contribution in [1.82, 2.24) is 10.2 Å². The molecule has 0 spiro atoms. The van der Waals surface area contributed by atoms with Gasteiger partial charge in [0.25, 0.3) is 5.91 Å². The van der Waals surface area contributed by atoms with Crippen LogP contribution in [0.2, 0.25) is 0 Å².